The van der Waals surface area contributed by atoms with E-state index in [0.29, 0.717) is 12.5 Å². The van der Waals surface area contributed by atoms with Crippen molar-refractivity contribution >= 4 is 0 Å². The molecule has 1 aromatic rings. The minimum atomic E-state index is 0.335. The highest BCUT2D eigenvalue weighted by molar-refractivity contribution is 5.36. The Hall–Kier alpha value is -1.06. The van der Waals surface area contributed by atoms with Crippen LogP contribution in [0.5, 0.6) is 5.75 Å². The van der Waals surface area contributed by atoms with Crippen molar-refractivity contribution in [2.24, 2.45) is 5.92 Å². The molecule has 3 heteroatoms. The first-order chi connectivity index (χ1) is 8.72. The van der Waals surface area contributed by atoms with E-state index in [1.165, 1.54) is 11.1 Å². The van der Waals surface area contributed by atoms with Crippen LogP contribution in [0.1, 0.15) is 24.0 Å². The zero-order chi connectivity index (χ0) is 13.0. The molecule has 0 aliphatic carbocycles. The number of hydrogen-bond donors (Lipinski definition) is 1. The molecule has 1 aromatic carbocycles. The molecule has 1 saturated heterocycles. The van der Waals surface area contributed by atoms with Crippen molar-refractivity contribution in [1.29, 1.82) is 0 Å². The first-order valence-electron chi connectivity index (χ1n) is 6.69. The molecule has 0 spiro atoms. The monoisotopic (exact) mass is 249 g/mol. The van der Waals surface area contributed by atoms with E-state index >= 15 is 0 Å². The van der Waals surface area contributed by atoms with E-state index in [4.69, 9.17) is 9.84 Å². The molecule has 0 bridgehead atoms. The van der Waals surface area contributed by atoms with Crippen LogP contribution >= 0.6 is 0 Å². The van der Waals surface area contributed by atoms with Crippen molar-refractivity contribution in [3.8, 4) is 5.75 Å². The second kappa shape index (κ2) is 6.21. The fraction of sp³-hybridized carbons (Fsp3) is 0.600. The number of nitrogens with zero attached hydrogens (tertiary/aromatic N) is 1. The Labute approximate surface area is 109 Å². The predicted molar refractivity (Wildman–Crippen MR) is 72.8 cm³/mol. The highest BCUT2D eigenvalue weighted by Gasteiger charge is 2.19. The molecule has 0 atom stereocenters. The summed E-state index contributed by atoms with van der Waals surface area (Å²) in [5.41, 5.74) is 2.54. The average molecular weight is 249 g/mol. The highest BCUT2D eigenvalue weighted by Crippen LogP contribution is 2.24. The van der Waals surface area contributed by atoms with Gasteiger partial charge in [-0.25, -0.2) is 0 Å². The Balaban J connectivity index is 1.99. The zero-order valence-electron chi connectivity index (χ0n) is 11.4. The Kier molecular flexibility index (Phi) is 4.61. The summed E-state index contributed by atoms with van der Waals surface area (Å²) in [6.45, 7) is 5.54. The molecule has 1 heterocycles. The number of piperidine rings is 1. The molecular weight excluding hydrogens is 226 g/mol. The quantitative estimate of drug-likeness (QED) is 0.888. The predicted octanol–water partition coefficient (Wildman–Crippen LogP) is 2.21. The van der Waals surface area contributed by atoms with Crippen LogP contribution in [0.2, 0.25) is 0 Å². The largest absolute Gasteiger partial charge is 0.496 e. The molecule has 2 rings (SSSR count). The summed E-state index contributed by atoms with van der Waals surface area (Å²) in [7, 11) is 1.73. The average Bonchev–Trinajstić information content (AvgIpc) is 2.40. The standard InChI is InChI=1S/C15H23NO2/c1-12-3-4-15(18-2)14(9-12)10-16-7-5-13(11-17)6-8-16/h3-4,9,13,17H,5-8,10-11H2,1-2H3. The number of benzene rings is 1. The van der Waals surface area contributed by atoms with Crippen LogP contribution in [-0.4, -0.2) is 36.8 Å². The fourth-order valence-corrected chi connectivity index (χ4v) is 2.60. The summed E-state index contributed by atoms with van der Waals surface area (Å²) in [6, 6.07) is 6.34. The van der Waals surface area contributed by atoms with Crippen LogP contribution < -0.4 is 4.74 Å². The van der Waals surface area contributed by atoms with Crippen molar-refractivity contribution in [3.63, 3.8) is 0 Å². The summed E-state index contributed by atoms with van der Waals surface area (Å²) in [4.78, 5) is 2.45. The molecule has 0 saturated carbocycles. The third-order valence-corrected chi connectivity index (χ3v) is 3.80. The van der Waals surface area contributed by atoms with Crippen molar-refractivity contribution in [3.05, 3.63) is 29.3 Å². The van der Waals surface area contributed by atoms with Crippen LogP contribution in [0.4, 0.5) is 0 Å². The molecule has 0 aromatic heterocycles. The SMILES string of the molecule is COc1ccc(C)cc1CN1CCC(CO)CC1. The molecule has 1 aliphatic rings. The van der Waals surface area contributed by atoms with Gasteiger partial charge >= 0.3 is 0 Å². The number of hydrogen-bond acceptors (Lipinski definition) is 3. The Morgan fingerprint density at radius 3 is 2.67 bits per heavy atom. The zero-order valence-corrected chi connectivity index (χ0v) is 11.4. The summed E-state index contributed by atoms with van der Waals surface area (Å²) in [5, 5.41) is 9.15. The summed E-state index contributed by atoms with van der Waals surface area (Å²) >= 11 is 0. The number of aliphatic hydroxyl groups excluding tert-OH is 1. The molecule has 0 radical (unpaired) electrons. The van der Waals surface area contributed by atoms with Gasteiger partial charge in [-0.05, 0) is 44.8 Å². The van der Waals surface area contributed by atoms with Gasteiger partial charge in [0.05, 0.1) is 7.11 Å². The molecule has 1 fully saturated rings. The van der Waals surface area contributed by atoms with Gasteiger partial charge in [0.15, 0.2) is 0 Å². The smallest absolute Gasteiger partial charge is 0.123 e. The van der Waals surface area contributed by atoms with Gasteiger partial charge < -0.3 is 9.84 Å². The molecular formula is C15H23NO2. The highest BCUT2D eigenvalue weighted by atomic mass is 16.5. The lowest BCUT2D eigenvalue weighted by molar-refractivity contribution is 0.127. The number of aliphatic hydroxyl groups is 1. The third-order valence-electron chi connectivity index (χ3n) is 3.80. The van der Waals surface area contributed by atoms with Gasteiger partial charge in [-0.1, -0.05) is 17.7 Å². The summed E-state index contributed by atoms with van der Waals surface area (Å²) in [5.74, 6) is 1.48. The molecule has 0 amide bonds. The maximum absolute atomic E-state index is 9.15. The van der Waals surface area contributed by atoms with E-state index in [0.717, 1.165) is 38.2 Å². The van der Waals surface area contributed by atoms with Gasteiger partial charge in [0.25, 0.3) is 0 Å². The molecule has 1 N–H and O–H groups in total. The second-order valence-corrected chi connectivity index (χ2v) is 5.22. The summed E-state index contributed by atoms with van der Waals surface area (Å²) < 4.78 is 5.42. The van der Waals surface area contributed by atoms with Gasteiger partial charge in [-0.2, -0.15) is 0 Å². The summed E-state index contributed by atoms with van der Waals surface area (Å²) in [6.07, 6.45) is 2.20. The van der Waals surface area contributed by atoms with Gasteiger partial charge in [0.1, 0.15) is 5.75 Å². The lowest BCUT2D eigenvalue weighted by atomic mass is 9.97. The molecule has 18 heavy (non-hydrogen) atoms. The van der Waals surface area contributed by atoms with E-state index in [1.807, 2.05) is 6.07 Å². The second-order valence-electron chi connectivity index (χ2n) is 5.22. The van der Waals surface area contributed by atoms with E-state index < -0.39 is 0 Å². The fourth-order valence-electron chi connectivity index (χ4n) is 2.60. The first-order valence-corrected chi connectivity index (χ1v) is 6.69. The number of methoxy groups -OCH3 is 1. The van der Waals surface area contributed by atoms with Crippen LogP contribution in [0.25, 0.3) is 0 Å². The number of aryl methyl sites for hydroxylation is 1. The third kappa shape index (κ3) is 3.24. The van der Waals surface area contributed by atoms with Crippen LogP contribution in [0.3, 0.4) is 0 Å². The van der Waals surface area contributed by atoms with Gasteiger partial charge in [0, 0.05) is 18.7 Å². The van der Waals surface area contributed by atoms with Crippen molar-refractivity contribution in [2.75, 3.05) is 26.8 Å². The van der Waals surface area contributed by atoms with E-state index in [-0.39, 0.29) is 0 Å². The minimum absolute atomic E-state index is 0.335. The van der Waals surface area contributed by atoms with Crippen LogP contribution in [0.15, 0.2) is 18.2 Å². The Morgan fingerprint density at radius 1 is 1.33 bits per heavy atom. The topological polar surface area (TPSA) is 32.7 Å². The number of rotatable bonds is 4. The van der Waals surface area contributed by atoms with E-state index in [2.05, 4.69) is 24.0 Å². The van der Waals surface area contributed by atoms with Crippen molar-refractivity contribution in [1.82, 2.24) is 4.90 Å². The normalized spacial score (nSPS) is 17.9. The van der Waals surface area contributed by atoms with Crippen molar-refractivity contribution in [2.45, 2.75) is 26.3 Å². The number of ether oxygens (including phenoxy) is 1. The van der Waals surface area contributed by atoms with Gasteiger partial charge in [-0.3, -0.25) is 4.90 Å². The molecule has 0 unspecified atom stereocenters. The van der Waals surface area contributed by atoms with Gasteiger partial charge in [-0.15, -0.1) is 0 Å². The molecule has 3 nitrogen and oxygen atoms in total. The first kappa shape index (κ1) is 13.4. The lowest BCUT2D eigenvalue weighted by Gasteiger charge is -2.31. The molecule has 100 valence electrons. The Bertz CT molecular complexity index is 384. The van der Waals surface area contributed by atoms with E-state index in [1.54, 1.807) is 7.11 Å². The maximum Gasteiger partial charge on any atom is 0.123 e. The van der Waals surface area contributed by atoms with E-state index in [9.17, 15) is 0 Å². The minimum Gasteiger partial charge on any atom is -0.496 e. The lowest BCUT2D eigenvalue weighted by Crippen LogP contribution is -2.34. The van der Waals surface area contributed by atoms with Crippen molar-refractivity contribution < 1.29 is 9.84 Å². The number of likely N-dealkylation sites (tertiary alicyclic amines) is 1. The van der Waals surface area contributed by atoms with Gasteiger partial charge in [0.2, 0.25) is 0 Å². The Morgan fingerprint density at radius 2 is 2.06 bits per heavy atom. The van der Waals surface area contributed by atoms with Crippen LogP contribution in [-0.2, 0) is 6.54 Å². The maximum atomic E-state index is 9.15. The molecule has 1 aliphatic heterocycles. The van der Waals surface area contributed by atoms with Crippen LogP contribution in [0, 0.1) is 12.8 Å².